The molecule has 0 unspecified atom stereocenters. The summed E-state index contributed by atoms with van der Waals surface area (Å²) in [5.41, 5.74) is 6.57. The van der Waals surface area contributed by atoms with E-state index >= 15 is 0 Å². The van der Waals surface area contributed by atoms with Crippen LogP contribution in [0.1, 0.15) is 0 Å². The van der Waals surface area contributed by atoms with Gasteiger partial charge in [0.05, 0.1) is 39.9 Å². The average molecular weight is 538 g/mol. The van der Waals surface area contributed by atoms with E-state index < -0.39 is 21.6 Å². The number of hydrogen-bond acceptors (Lipinski definition) is 15. The van der Waals surface area contributed by atoms with Crippen LogP contribution < -0.4 is 16.4 Å². The summed E-state index contributed by atoms with van der Waals surface area (Å²) in [4.78, 5) is 11.3. The van der Waals surface area contributed by atoms with E-state index in [-0.39, 0.29) is 45.8 Å². The summed E-state index contributed by atoms with van der Waals surface area (Å²) in [5.74, 6) is -0.433. The highest BCUT2D eigenvalue weighted by molar-refractivity contribution is 7.95. The van der Waals surface area contributed by atoms with Gasteiger partial charge in [0.15, 0.2) is 22.2 Å². The maximum atomic E-state index is 12.5. The Morgan fingerprint density at radius 2 is 1.79 bits per heavy atom. The van der Waals surface area contributed by atoms with Crippen LogP contribution in [0.5, 0.6) is 0 Å². The summed E-state index contributed by atoms with van der Waals surface area (Å²) in [6, 6.07) is 7.89. The van der Waals surface area contributed by atoms with Crippen LogP contribution in [0.25, 0.3) is 0 Å². The van der Waals surface area contributed by atoms with Crippen LogP contribution in [0.2, 0.25) is 0 Å². The number of amides is 2. The molecule has 0 atom stereocenters. The second-order valence-electron chi connectivity index (χ2n) is 5.88. The van der Waals surface area contributed by atoms with Gasteiger partial charge in [0, 0.05) is 12.7 Å². The standard InChI is InChI=1S/C16H19N5O10S3/c1-18-10-2-4-12(14(8-10)19-16(17)22)20-21-13-5-3-11(9-15(13)32-30-28-23)34(25,26)7-6-27-33-31-29-24/h2-5,8-9,18,23-24H,6-7H2,1H3,(H3,17,19,22)/b21-20+. The molecular weight excluding hydrogens is 518 g/mol. The van der Waals surface area contributed by atoms with Gasteiger partial charge in [-0.1, -0.05) is 10.1 Å². The predicted molar refractivity (Wildman–Crippen MR) is 121 cm³/mol. The first-order valence-corrected chi connectivity index (χ1v) is 11.9. The normalized spacial score (nSPS) is 11.6. The van der Waals surface area contributed by atoms with E-state index in [1.807, 2.05) is 0 Å². The number of azo groups is 1. The number of carbonyl (C=O) groups excluding carboxylic acids is 1. The Hall–Kier alpha value is -2.52. The fraction of sp³-hybridized carbons (Fsp3) is 0.188. The average Bonchev–Trinajstić information content (AvgIpc) is 2.81. The molecule has 2 aromatic carbocycles. The van der Waals surface area contributed by atoms with Crippen molar-refractivity contribution < 1.29 is 46.7 Å². The number of nitrogens with one attached hydrogen (secondary N) is 2. The van der Waals surface area contributed by atoms with Gasteiger partial charge in [-0.15, -0.1) is 18.9 Å². The van der Waals surface area contributed by atoms with Crippen LogP contribution in [0.15, 0.2) is 56.4 Å². The molecule has 0 radical (unpaired) electrons. The third kappa shape index (κ3) is 8.68. The van der Waals surface area contributed by atoms with Gasteiger partial charge in [-0.25, -0.2) is 23.7 Å². The van der Waals surface area contributed by atoms with Crippen molar-refractivity contribution in [1.29, 1.82) is 0 Å². The van der Waals surface area contributed by atoms with E-state index in [1.54, 1.807) is 25.2 Å². The topological polar surface area (TPSA) is 213 Å². The van der Waals surface area contributed by atoms with Crippen LogP contribution in [-0.4, -0.2) is 44.4 Å². The molecule has 0 saturated heterocycles. The molecular formula is C16H19N5O10S3. The summed E-state index contributed by atoms with van der Waals surface area (Å²) >= 11 is 0.725. The SMILES string of the molecule is CNc1ccc(/N=N/c2ccc(S(=O)(=O)CCOSOOO)cc2SOOO)c(NC(N)=O)c1. The molecule has 34 heavy (non-hydrogen) atoms. The van der Waals surface area contributed by atoms with Crippen molar-refractivity contribution in [2.24, 2.45) is 16.0 Å². The lowest BCUT2D eigenvalue weighted by Gasteiger charge is -2.09. The number of carbonyl (C=O) groups is 1. The van der Waals surface area contributed by atoms with Crippen LogP contribution >= 0.6 is 24.4 Å². The lowest BCUT2D eigenvalue weighted by Crippen LogP contribution is -2.19. The van der Waals surface area contributed by atoms with Gasteiger partial charge < -0.3 is 16.4 Å². The predicted octanol–water partition coefficient (Wildman–Crippen LogP) is 3.84. The molecule has 0 saturated carbocycles. The van der Waals surface area contributed by atoms with Gasteiger partial charge in [-0.05, 0) is 36.4 Å². The van der Waals surface area contributed by atoms with Crippen molar-refractivity contribution in [2.75, 3.05) is 30.0 Å². The van der Waals surface area contributed by atoms with E-state index in [0.29, 0.717) is 17.7 Å². The zero-order valence-electron chi connectivity index (χ0n) is 17.2. The first-order valence-electron chi connectivity index (χ1n) is 8.88. The van der Waals surface area contributed by atoms with Gasteiger partial charge in [0.2, 0.25) is 0 Å². The molecule has 186 valence electrons. The zero-order chi connectivity index (χ0) is 25.0. The van der Waals surface area contributed by atoms with Gasteiger partial charge in [-0.3, -0.25) is 4.18 Å². The van der Waals surface area contributed by atoms with Crippen LogP contribution in [-0.2, 0) is 32.8 Å². The van der Waals surface area contributed by atoms with Crippen LogP contribution in [0, 0.1) is 0 Å². The molecule has 0 spiro atoms. The van der Waals surface area contributed by atoms with Gasteiger partial charge >= 0.3 is 6.03 Å². The Bertz CT molecular complexity index is 1100. The van der Waals surface area contributed by atoms with E-state index in [1.165, 1.54) is 18.2 Å². The van der Waals surface area contributed by atoms with Crippen molar-refractivity contribution in [2.45, 2.75) is 9.79 Å². The number of urea groups is 1. The molecule has 6 N–H and O–H groups in total. The van der Waals surface area contributed by atoms with Crippen LogP contribution in [0.3, 0.4) is 0 Å². The van der Waals surface area contributed by atoms with E-state index in [0.717, 1.165) is 0 Å². The second-order valence-corrected chi connectivity index (χ2v) is 9.24. The maximum Gasteiger partial charge on any atom is 0.316 e. The van der Waals surface area contributed by atoms with Gasteiger partial charge in [0.1, 0.15) is 11.4 Å². The number of benzene rings is 2. The summed E-state index contributed by atoms with van der Waals surface area (Å²) < 4.78 is 38.2. The van der Waals surface area contributed by atoms with E-state index in [4.69, 9.17) is 20.4 Å². The minimum Gasteiger partial charge on any atom is -0.388 e. The lowest BCUT2D eigenvalue weighted by molar-refractivity contribution is -0.434. The molecule has 2 aromatic rings. The monoisotopic (exact) mass is 537 g/mol. The fourth-order valence-electron chi connectivity index (χ4n) is 2.34. The molecule has 0 aliphatic heterocycles. The third-order valence-electron chi connectivity index (χ3n) is 3.79. The van der Waals surface area contributed by atoms with E-state index in [9.17, 15) is 13.2 Å². The van der Waals surface area contributed by atoms with Crippen molar-refractivity contribution in [3.63, 3.8) is 0 Å². The van der Waals surface area contributed by atoms with Crippen molar-refractivity contribution in [1.82, 2.24) is 0 Å². The Kier molecular flexibility index (Phi) is 11.4. The highest BCUT2D eigenvalue weighted by atomic mass is 32.2. The number of nitrogens with two attached hydrogens (primary N) is 1. The Morgan fingerprint density at radius 3 is 2.47 bits per heavy atom. The highest BCUT2D eigenvalue weighted by Gasteiger charge is 2.18. The summed E-state index contributed by atoms with van der Waals surface area (Å²) in [5, 5.41) is 36.9. The number of rotatable bonds is 14. The quantitative estimate of drug-likeness (QED) is 0.0762. The number of anilines is 2. The minimum absolute atomic E-state index is 0.113. The number of sulfone groups is 1. The first kappa shape index (κ1) is 27.7. The highest BCUT2D eigenvalue weighted by Crippen LogP contribution is 2.35. The molecule has 2 rings (SSSR count). The lowest BCUT2D eigenvalue weighted by atomic mass is 10.2. The molecule has 15 nitrogen and oxygen atoms in total. The van der Waals surface area contributed by atoms with Crippen molar-refractivity contribution in [3.05, 3.63) is 36.4 Å². The number of nitrogens with zero attached hydrogens (tertiary/aromatic N) is 2. The fourth-order valence-corrected chi connectivity index (χ4v) is 4.32. The summed E-state index contributed by atoms with van der Waals surface area (Å²) in [7, 11) is -2.13. The van der Waals surface area contributed by atoms with Gasteiger partial charge in [0.25, 0.3) is 0 Å². The second kappa shape index (κ2) is 14.0. The Morgan fingerprint density at radius 1 is 1.09 bits per heavy atom. The Balaban J connectivity index is 2.30. The van der Waals surface area contributed by atoms with Crippen molar-refractivity contribution in [3.8, 4) is 0 Å². The molecule has 2 amide bonds. The summed E-state index contributed by atoms with van der Waals surface area (Å²) in [6.45, 7) is -0.283. The summed E-state index contributed by atoms with van der Waals surface area (Å²) in [6.07, 6.45) is 0. The molecule has 0 aromatic heterocycles. The first-order chi connectivity index (χ1) is 16.3. The number of hydrogen-bond donors (Lipinski definition) is 5. The third-order valence-corrected chi connectivity index (χ3v) is 6.49. The Labute approximate surface area is 201 Å². The number of primary amides is 1. The minimum atomic E-state index is -3.82. The molecule has 0 heterocycles. The molecule has 0 aliphatic rings. The molecule has 18 heteroatoms. The smallest absolute Gasteiger partial charge is 0.316 e. The molecule has 0 fully saturated rings. The van der Waals surface area contributed by atoms with Crippen molar-refractivity contribution >= 4 is 63.0 Å². The molecule has 0 aliphatic carbocycles. The zero-order valence-corrected chi connectivity index (χ0v) is 19.7. The largest absolute Gasteiger partial charge is 0.388 e. The molecule has 0 bridgehead atoms. The van der Waals surface area contributed by atoms with Crippen LogP contribution in [0.4, 0.5) is 27.5 Å². The maximum absolute atomic E-state index is 12.5. The van der Waals surface area contributed by atoms with E-state index in [2.05, 4.69) is 39.6 Å². The van der Waals surface area contributed by atoms with Gasteiger partial charge in [-0.2, -0.15) is 0 Å².